The van der Waals surface area contributed by atoms with Gasteiger partial charge in [0.1, 0.15) is 5.75 Å². The number of hydrogen-bond donors (Lipinski definition) is 1. The van der Waals surface area contributed by atoms with Crippen LogP contribution in [-0.2, 0) is 6.42 Å². The van der Waals surface area contributed by atoms with Gasteiger partial charge in [0.15, 0.2) is 0 Å². The van der Waals surface area contributed by atoms with Crippen molar-refractivity contribution in [3.8, 4) is 11.6 Å². The molecule has 5 heteroatoms. The maximum Gasteiger partial charge on any atom is 0.233 e. The van der Waals surface area contributed by atoms with E-state index in [-0.39, 0.29) is 6.04 Å². The highest BCUT2D eigenvalue weighted by atomic mass is 16.5. The molecule has 2 aromatic rings. The molecule has 0 amide bonds. The smallest absolute Gasteiger partial charge is 0.233 e. The summed E-state index contributed by atoms with van der Waals surface area (Å²) in [6.07, 6.45) is 0.935. The van der Waals surface area contributed by atoms with E-state index in [1.807, 2.05) is 18.2 Å². The summed E-state index contributed by atoms with van der Waals surface area (Å²) in [5, 5.41) is 8.03. The van der Waals surface area contributed by atoms with Crippen molar-refractivity contribution in [1.82, 2.24) is 10.2 Å². The Morgan fingerprint density at radius 3 is 2.89 bits per heavy atom. The van der Waals surface area contributed by atoms with Gasteiger partial charge in [-0.3, -0.25) is 0 Å². The number of hydrogen-bond acceptors (Lipinski definition) is 5. The molecule has 19 heavy (non-hydrogen) atoms. The van der Waals surface area contributed by atoms with Crippen LogP contribution in [0.2, 0.25) is 0 Å². The van der Waals surface area contributed by atoms with Crippen LogP contribution >= 0.6 is 0 Å². The molecule has 3 rings (SSSR count). The van der Waals surface area contributed by atoms with Gasteiger partial charge in [0.25, 0.3) is 0 Å². The SMILES string of the molecule is COc1ccc(C(N)c2ccc3c(c2)CCO3)nn1. The standard InChI is InChI=1S/C14H15N3O2/c1-18-13-5-3-11(16-17-13)14(15)10-2-4-12-9(8-10)6-7-19-12/h2-5,8,14H,6-7,15H2,1H3. The van der Waals surface area contributed by atoms with Crippen LogP contribution in [0.3, 0.4) is 0 Å². The summed E-state index contributed by atoms with van der Waals surface area (Å²) in [5.74, 6) is 1.44. The Morgan fingerprint density at radius 2 is 2.16 bits per heavy atom. The maximum absolute atomic E-state index is 6.22. The quantitative estimate of drug-likeness (QED) is 0.901. The van der Waals surface area contributed by atoms with E-state index in [4.69, 9.17) is 15.2 Å². The second-order valence-corrected chi connectivity index (χ2v) is 4.44. The minimum absolute atomic E-state index is 0.288. The predicted molar refractivity (Wildman–Crippen MR) is 70.3 cm³/mol. The summed E-state index contributed by atoms with van der Waals surface area (Å²) in [5.41, 5.74) is 9.16. The van der Waals surface area contributed by atoms with Crippen LogP contribution in [0.1, 0.15) is 22.9 Å². The minimum atomic E-state index is -0.288. The molecule has 0 aliphatic carbocycles. The lowest BCUT2D eigenvalue weighted by Crippen LogP contribution is -2.14. The van der Waals surface area contributed by atoms with Crippen LogP contribution in [0.15, 0.2) is 30.3 Å². The Hall–Kier alpha value is -2.14. The van der Waals surface area contributed by atoms with E-state index in [1.54, 1.807) is 13.2 Å². The molecule has 98 valence electrons. The number of fused-ring (bicyclic) bond motifs is 1. The third-order valence-electron chi connectivity index (χ3n) is 3.26. The predicted octanol–water partition coefficient (Wildman–Crippen LogP) is 1.47. The molecule has 1 aromatic carbocycles. The van der Waals surface area contributed by atoms with Crippen molar-refractivity contribution in [3.63, 3.8) is 0 Å². The van der Waals surface area contributed by atoms with Crippen LogP contribution in [-0.4, -0.2) is 23.9 Å². The van der Waals surface area contributed by atoms with E-state index in [2.05, 4.69) is 16.3 Å². The molecule has 0 bridgehead atoms. The molecule has 1 unspecified atom stereocenters. The second-order valence-electron chi connectivity index (χ2n) is 4.44. The number of methoxy groups -OCH3 is 1. The minimum Gasteiger partial charge on any atom is -0.493 e. The molecule has 0 saturated heterocycles. The van der Waals surface area contributed by atoms with Crippen molar-refractivity contribution in [2.75, 3.05) is 13.7 Å². The number of aromatic nitrogens is 2. The molecule has 1 aliphatic heterocycles. The molecule has 1 aliphatic rings. The molecule has 5 nitrogen and oxygen atoms in total. The molecule has 2 heterocycles. The summed E-state index contributed by atoms with van der Waals surface area (Å²) in [7, 11) is 1.56. The van der Waals surface area contributed by atoms with Crippen LogP contribution in [0, 0.1) is 0 Å². The van der Waals surface area contributed by atoms with Gasteiger partial charge in [0.05, 0.1) is 25.5 Å². The highest BCUT2D eigenvalue weighted by molar-refractivity contribution is 5.42. The van der Waals surface area contributed by atoms with Crippen LogP contribution in [0.4, 0.5) is 0 Å². The number of ether oxygens (including phenoxy) is 2. The van der Waals surface area contributed by atoms with Crippen LogP contribution in [0.5, 0.6) is 11.6 Å². The molecule has 1 atom stereocenters. The molecular weight excluding hydrogens is 242 g/mol. The fourth-order valence-electron chi connectivity index (χ4n) is 2.18. The van der Waals surface area contributed by atoms with Gasteiger partial charge < -0.3 is 15.2 Å². The third-order valence-corrected chi connectivity index (χ3v) is 3.26. The maximum atomic E-state index is 6.22. The number of nitrogens with two attached hydrogens (primary N) is 1. The first-order valence-electron chi connectivity index (χ1n) is 6.17. The summed E-state index contributed by atoms with van der Waals surface area (Å²) >= 11 is 0. The molecule has 1 aromatic heterocycles. The Bertz CT molecular complexity index is 584. The Kier molecular flexibility index (Phi) is 3.05. The van der Waals surface area contributed by atoms with Gasteiger partial charge in [-0.15, -0.1) is 10.2 Å². The van der Waals surface area contributed by atoms with E-state index >= 15 is 0 Å². The zero-order chi connectivity index (χ0) is 13.2. The van der Waals surface area contributed by atoms with Crippen molar-refractivity contribution in [2.24, 2.45) is 5.73 Å². The first-order chi connectivity index (χ1) is 9.28. The van der Waals surface area contributed by atoms with Gasteiger partial charge in [-0.05, 0) is 23.3 Å². The van der Waals surface area contributed by atoms with Gasteiger partial charge >= 0.3 is 0 Å². The second kappa shape index (κ2) is 4.85. The normalized spacial score (nSPS) is 14.6. The highest BCUT2D eigenvalue weighted by Gasteiger charge is 2.16. The Morgan fingerprint density at radius 1 is 1.26 bits per heavy atom. The lowest BCUT2D eigenvalue weighted by Gasteiger charge is -2.12. The number of nitrogens with zero attached hydrogens (tertiary/aromatic N) is 2. The third kappa shape index (κ3) is 2.24. The van der Waals surface area contributed by atoms with Gasteiger partial charge in [0.2, 0.25) is 5.88 Å². The van der Waals surface area contributed by atoms with Crippen LogP contribution in [0.25, 0.3) is 0 Å². The average Bonchev–Trinajstić information content (AvgIpc) is 2.94. The first-order valence-corrected chi connectivity index (χ1v) is 6.17. The topological polar surface area (TPSA) is 70.3 Å². The lowest BCUT2D eigenvalue weighted by molar-refractivity contribution is 0.357. The molecule has 0 saturated carbocycles. The molecule has 2 N–H and O–H groups in total. The van der Waals surface area contributed by atoms with Crippen molar-refractivity contribution in [2.45, 2.75) is 12.5 Å². The Balaban J connectivity index is 1.88. The van der Waals surface area contributed by atoms with Crippen molar-refractivity contribution in [1.29, 1.82) is 0 Å². The molecule has 0 radical (unpaired) electrons. The van der Waals surface area contributed by atoms with Gasteiger partial charge in [-0.1, -0.05) is 12.1 Å². The summed E-state index contributed by atoms with van der Waals surface area (Å²) in [6, 6.07) is 9.33. The first kappa shape index (κ1) is 11.9. The fourth-order valence-corrected chi connectivity index (χ4v) is 2.18. The molecule has 0 spiro atoms. The largest absolute Gasteiger partial charge is 0.493 e. The monoisotopic (exact) mass is 257 g/mol. The van der Waals surface area contributed by atoms with Crippen molar-refractivity contribution < 1.29 is 9.47 Å². The summed E-state index contributed by atoms with van der Waals surface area (Å²) in [4.78, 5) is 0. The van der Waals surface area contributed by atoms with Gasteiger partial charge in [-0.25, -0.2) is 0 Å². The molecular formula is C14H15N3O2. The van der Waals surface area contributed by atoms with E-state index < -0.39 is 0 Å². The van der Waals surface area contributed by atoms with Crippen LogP contribution < -0.4 is 15.2 Å². The average molecular weight is 257 g/mol. The van der Waals surface area contributed by atoms with E-state index in [9.17, 15) is 0 Å². The van der Waals surface area contributed by atoms with Gasteiger partial charge in [0, 0.05) is 12.5 Å². The van der Waals surface area contributed by atoms with E-state index in [0.29, 0.717) is 5.88 Å². The number of benzene rings is 1. The van der Waals surface area contributed by atoms with E-state index in [0.717, 1.165) is 30.0 Å². The molecule has 0 fully saturated rings. The summed E-state index contributed by atoms with van der Waals surface area (Å²) < 4.78 is 10.5. The van der Waals surface area contributed by atoms with Gasteiger partial charge in [-0.2, -0.15) is 0 Å². The zero-order valence-electron chi connectivity index (χ0n) is 10.7. The van der Waals surface area contributed by atoms with Crippen molar-refractivity contribution >= 4 is 0 Å². The van der Waals surface area contributed by atoms with Crippen molar-refractivity contribution in [3.05, 3.63) is 47.2 Å². The fraction of sp³-hybridized carbons (Fsp3) is 0.286. The summed E-state index contributed by atoms with van der Waals surface area (Å²) in [6.45, 7) is 0.746. The Labute approximate surface area is 111 Å². The number of rotatable bonds is 3. The van der Waals surface area contributed by atoms with E-state index in [1.165, 1.54) is 5.56 Å². The zero-order valence-corrected chi connectivity index (χ0v) is 10.7. The highest BCUT2D eigenvalue weighted by Crippen LogP contribution is 2.29. The lowest BCUT2D eigenvalue weighted by atomic mass is 10.0.